The van der Waals surface area contributed by atoms with Crippen molar-refractivity contribution in [2.75, 3.05) is 56.1 Å². The summed E-state index contributed by atoms with van der Waals surface area (Å²) in [5, 5.41) is 6.14. The minimum absolute atomic E-state index is 0.0521. The van der Waals surface area contributed by atoms with Crippen LogP contribution in [0.1, 0.15) is 56.3 Å². The second-order valence-electron chi connectivity index (χ2n) is 10.4. The lowest BCUT2D eigenvalue weighted by Crippen LogP contribution is -2.45. The number of fused-ring (bicyclic) bond motifs is 1. The molecular formula is C27H38N6O4. The van der Waals surface area contributed by atoms with Crippen LogP contribution in [0, 0.1) is 5.41 Å². The summed E-state index contributed by atoms with van der Waals surface area (Å²) in [4.78, 5) is 39.1. The van der Waals surface area contributed by atoms with Gasteiger partial charge in [0.05, 0.1) is 24.4 Å². The molecule has 0 spiro atoms. The molecule has 2 amide bonds. The number of carbonyl (C=O) groups is 2. The topological polar surface area (TPSA) is 109 Å². The zero-order valence-electron chi connectivity index (χ0n) is 22.5. The standard InChI is InChI=1S/C27H38N6O4/c1-27(2)17-33(19-9-6-7-10-19)23-21(32(3)25(27)35)16-29-26(31-23)30-20-12-11-18(15-22(20)37-5)24(34)28-13-8-14-36-4/h11-12,15-16,19H,6-10,13-14,17H2,1-5H3,(H,28,34)(H,29,30,31). The smallest absolute Gasteiger partial charge is 0.251 e. The molecule has 200 valence electrons. The molecule has 1 aromatic heterocycles. The third-order valence-electron chi connectivity index (χ3n) is 7.12. The normalized spacial score (nSPS) is 17.4. The van der Waals surface area contributed by atoms with Crippen molar-refractivity contribution < 1.29 is 19.1 Å². The fraction of sp³-hybridized carbons (Fsp3) is 0.556. The lowest BCUT2D eigenvalue weighted by molar-refractivity contribution is -0.125. The molecule has 2 N–H and O–H groups in total. The molecule has 0 saturated heterocycles. The Balaban J connectivity index is 1.60. The van der Waals surface area contributed by atoms with Gasteiger partial charge in [-0.1, -0.05) is 12.8 Å². The molecule has 37 heavy (non-hydrogen) atoms. The number of hydrogen-bond donors (Lipinski definition) is 2. The summed E-state index contributed by atoms with van der Waals surface area (Å²) < 4.78 is 10.6. The van der Waals surface area contributed by atoms with Crippen molar-refractivity contribution in [3.05, 3.63) is 30.0 Å². The van der Waals surface area contributed by atoms with E-state index in [1.54, 1.807) is 50.6 Å². The van der Waals surface area contributed by atoms with Crippen molar-refractivity contribution >= 4 is 35.0 Å². The molecule has 2 aliphatic rings. The number of ether oxygens (including phenoxy) is 2. The van der Waals surface area contributed by atoms with Crippen LogP contribution in [0.2, 0.25) is 0 Å². The van der Waals surface area contributed by atoms with E-state index in [1.165, 1.54) is 12.8 Å². The summed E-state index contributed by atoms with van der Waals surface area (Å²) in [7, 11) is 4.99. The van der Waals surface area contributed by atoms with Gasteiger partial charge in [-0.25, -0.2) is 4.98 Å². The molecule has 10 heteroatoms. The Kier molecular flexibility index (Phi) is 8.16. The van der Waals surface area contributed by atoms with Crippen LogP contribution in [0.3, 0.4) is 0 Å². The second kappa shape index (κ2) is 11.3. The van der Waals surface area contributed by atoms with Crippen LogP contribution in [0.15, 0.2) is 24.4 Å². The van der Waals surface area contributed by atoms with Crippen LogP contribution in [-0.2, 0) is 9.53 Å². The fourth-order valence-electron chi connectivity index (χ4n) is 5.10. The van der Waals surface area contributed by atoms with Crippen LogP contribution < -0.4 is 25.2 Å². The van der Waals surface area contributed by atoms with Gasteiger partial charge in [-0.3, -0.25) is 9.59 Å². The molecule has 4 rings (SSSR count). The predicted molar refractivity (Wildman–Crippen MR) is 144 cm³/mol. The van der Waals surface area contributed by atoms with E-state index in [0.29, 0.717) is 54.4 Å². The van der Waals surface area contributed by atoms with Gasteiger partial charge >= 0.3 is 0 Å². The Bertz CT molecular complexity index is 1130. The number of nitrogens with one attached hydrogen (secondary N) is 2. The average molecular weight is 511 g/mol. The van der Waals surface area contributed by atoms with Crippen LogP contribution in [0.4, 0.5) is 23.1 Å². The summed E-state index contributed by atoms with van der Waals surface area (Å²) in [6.07, 6.45) is 6.98. The van der Waals surface area contributed by atoms with Gasteiger partial charge < -0.3 is 29.9 Å². The Hall–Kier alpha value is -3.40. The first-order valence-corrected chi connectivity index (χ1v) is 12.9. The zero-order chi connectivity index (χ0) is 26.6. The summed E-state index contributed by atoms with van der Waals surface area (Å²) in [5.74, 6) is 1.54. The van der Waals surface area contributed by atoms with Crippen molar-refractivity contribution in [3.63, 3.8) is 0 Å². The van der Waals surface area contributed by atoms with E-state index >= 15 is 0 Å². The van der Waals surface area contributed by atoms with Gasteiger partial charge in [0.15, 0.2) is 5.82 Å². The Morgan fingerprint density at radius 1 is 1.22 bits per heavy atom. The number of anilines is 4. The molecule has 1 aliphatic carbocycles. The van der Waals surface area contributed by atoms with Crippen LogP contribution in [0.25, 0.3) is 0 Å². The first-order valence-electron chi connectivity index (χ1n) is 12.9. The molecule has 1 aromatic carbocycles. The summed E-state index contributed by atoms with van der Waals surface area (Å²) in [6.45, 7) is 5.71. The minimum Gasteiger partial charge on any atom is -0.495 e. The van der Waals surface area contributed by atoms with Gasteiger partial charge in [-0.05, 0) is 51.3 Å². The summed E-state index contributed by atoms with van der Waals surface area (Å²) in [6, 6.07) is 5.55. The average Bonchev–Trinajstić information content (AvgIpc) is 3.41. The number of carbonyl (C=O) groups excluding carboxylic acids is 2. The summed E-state index contributed by atoms with van der Waals surface area (Å²) >= 11 is 0. The Labute approximate surface area is 218 Å². The van der Waals surface area contributed by atoms with Crippen LogP contribution >= 0.6 is 0 Å². The van der Waals surface area contributed by atoms with Gasteiger partial charge in [0.25, 0.3) is 5.91 Å². The van der Waals surface area contributed by atoms with Gasteiger partial charge in [0, 0.05) is 45.5 Å². The van der Waals surface area contributed by atoms with E-state index < -0.39 is 5.41 Å². The molecule has 1 aliphatic heterocycles. The quantitative estimate of drug-likeness (QED) is 0.491. The number of nitrogens with zero attached hydrogens (tertiary/aromatic N) is 4. The molecule has 10 nitrogen and oxygen atoms in total. The number of methoxy groups -OCH3 is 2. The van der Waals surface area contributed by atoms with Crippen molar-refractivity contribution in [2.45, 2.75) is 52.0 Å². The number of rotatable bonds is 9. The van der Waals surface area contributed by atoms with E-state index in [0.717, 1.165) is 25.1 Å². The first kappa shape index (κ1) is 26.7. The van der Waals surface area contributed by atoms with E-state index in [4.69, 9.17) is 14.5 Å². The van der Waals surface area contributed by atoms with E-state index in [2.05, 4.69) is 20.5 Å². The van der Waals surface area contributed by atoms with Gasteiger partial charge in [-0.15, -0.1) is 0 Å². The number of hydrogen-bond acceptors (Lipinski definition) is 8. The van der Waals surface area contributed by atoms with Gasteiger partial charge in [-0.2, -0.15) is 4.98 Å². The number of amides is 2. The largest absolute Gasteiger partial charge is 0.495 e. The molecule has 1 saturated carbocycles. The highest BCUT2D eigenvalue weighted by Crippen LogP contribution is 2.40. The molecule has 0 unspecified atom stereocenters. The van der Waals surface area contributed by atoms with E-state index in [1.807, 2.05) is 13.8 Å². The van der Waals surface area contributed by atoms with Crippen LogP contribution in [-0.4, -0.2) is 68.8 Å². The lowest BCUT2D eigenvalue weighted by Gasteiger charge is -2.34. The molecule has 2 heterocycles. The zero-order valence-corrected chi connectivity index (χ0v) is 22.5. The minimum atomic E-state index is -0.547. The molecule has 0 bridgehead atoms. The maximum Gasteiger partial charge on any atom is 0.251 e. The van der Waals surface area contributed by atoms with Crippen molar-refractivity contribution in [3.8, 4) is 5.75 Å². The highest BCUT2D eigenvalue weighted by molar-refractivity contribution is 6.01. The first-order chi connectivity index (χ1) is 17.7. The molecule has 0 radical (unpaired) electrons. The second-order valence-corrected chi connectivity index (χ2v) is 10.4. The lowest BCUT2D eigenvalue weighted by atomic mass is 9.91. The van der Waals surface area contributed by atoms with Crippen molar-refractivity contribution in [1.29, 1.82) is 0 Å². The third kappa shape index (κ3) is 5.79. The van der Waals surface area contributed by atoms with E-state index in [-0.39, 0.29) is 11.8 Å². The highest BCUT2D eigenvalue weighted by Gasteiger charge is 2.41. The molecular weight excluding hydrogens is 472 g/mol. The predicted octanol–water partition coefficient (Wildman–Crippen LogP) is 3.75. The summed E-state index contributed by atoms with van der Waals surface area (Å²) in [5.41, 5.74) is 1.30. The van der Waals surface area contributed by atoms with Crippen molar-refractivity contribution in [2.24, 2.45) is 5.41 Å². The number of aromatic nitrogens is 2. The Morgan fingerprint density at radius 2 is 1.97 bits per heavy atom. The molecule has 2 aromatic rings. The van der Waals surface area contributed by atoms with Crippen LogP contribution in [0.5, 0.6) is 5.75 Å². The van der Waals surface area contributed by atoms with Gasteiger partial charge in [0.2, 0.25) is 11.9 Å². The monoisotopic (exact) mass is 510 g/mol. The SMILES string of the molecule is COCCCNC(=O)c1ccc(Nc2ncc3c(n2)N(C2CCCC2)CC(C)(C)C(=O)N3C)c(OC)c1. The molecule has 1 fully saturated rings. The maximum atomic E-state index is 13.2. The highest BCUT2D eigenvalue weighted by atomic mass is 16.5. The maximum absolute atomic E-state index is 13.2. The fourth-order valence-corrected chi connectivity index (χ4v) is 5.10. The van der Waals surface area contributed by atoms with Crippen molar-refractivity contribution in [1.82, 2.24) is 15.3 Å². The third-order valence-corrected chi connectivity index (χ3v) is 7.12. The molecule has 0 atom stereocenters. The van der Waals surface area contributed by atoms with E-state index in [9.17, 15) is 9.59 Å². The number of benzene rings is 1. The Morgan fingerprint density at radius 3 is 2.68 bits per heavy atom. The van der Waals surface area contributed by atoms with Gasteiger partial charge in [0.1, 0.15) is 11.4 Å².